The van der Waals surface area contributed by atoms with E-state index in [2.05, 4.69) is 5.16 Å². The first kappa shape index (κ1) is 9.68. The van der Waals surface area contributed by atoms with Crippen LogP contribution in [0.25, 0.3) is 0 Å². The van der Waals surface area contributed by atoms with Gasteiger partial charge in [-0.2, -0.15) is 0 Å². The zero-order chi connectivity index (χ0) is 9.80. The van der Waals surface area contributed by atoms with Crippen LogP contribution in [0.3, 0.4) is 0 Å². The molecular weight excluding hydrogens is 180 g/mol. The number of hydrogen-bond acceptors (Lipinski definition) is 4. The molecule has 2 N–H and O–H groups in total. The van der Waals surface area contributed by atoms with Gasteiger partial charge in [0.2, 0.25) is 0 Å². The maximum absolute atomic E-state index is 5.86. The molecule has 0 bridgehead atoms. The van der Waals surface area contributed by atoms with Gasteiger partial charge in [0.15, 0.2) is 5.76 Å². The summed E-state index contributed by atoms with van der Waals surface area (Å²) < 4.78 is 10.6. The monoisotopic (exact) mass is 196 g/mol. The van der Waals surface area contributed by atoms with Crippen molar-refractivity contribution in [3.63, 3.8) is 0 Å². The van der Waals surface area contributed by atoms with Crippen LogP contribution < -0.4 is 5.73 Å². The molecule has 2 rings (SSSR count). The second kappa shape index (κ2) is 4.57. The molecule has 4 heteroatoms. The van der Waals surface area contributed by atoms with Crippen LogP contribution in [-0.4, -0.2) is 17.3 Å². The SMILES string of the molecule is NC1CCCC(OCc2ccno2)C1. The van der Waals surface area contributed by atoms with Gasteiger partial charge in [-0.05, 0) is 25.7 Å². The summed E-state index contributed by atoms with van der Waals surface area (Å²) in [5, 5.41) is 3.62. The van der Waals surface area contributed by atoms with Crippen molar-refractivity contribution in [2.45, 2.75) is 44.4 Å². The topological polar surface area (TPSA) is 61.3 Å². The molecule has 1 saturated carbocycles. The number of ether oxygens (including phenoxy) is 1. The van der Waals surface area contributed by atoms with Crippen LogP contribution >= 0.6 is 0 Å². The van der Waals surface area contributed by atoms with E-state index in [0.717, 1.165) is 25.0 Å². The first-order chi connectivity index (χ1) is 6.84. The third-order valence-electron chi connectivity index (χ3n) is 2.62. The van der Waals surface area contributed by atoms with Gasteiger partial charge < -0.3 is 15.0 Å². The number of nitrogens with two attached hydrogens (primary N) is 1. The quantitative estimate of drug-likeness (QED) is 0.795. The lowest BCUT2D eigenvalue weighted by molar-refractivity contribution is 0.00249. The lowest BCUT2D eigenvalue weighted by atomic mass is 9.94. The maximum Gasteiger partial charge on any atom is 0.162 e. The normalized spacial score (nSPS) is 27.8. The van der Waals surface area contributed by atoms with E-state index in [-0.39, 0.29) is 0 Å². The van der Waals surface area contributed by atoms with Crippen LogP contribution in [0.2, 0.25) is 0 Å². The van der Waals surface area contributed by atoms with Gasteiger partial charge in [0, 0.05) is 12.1 Å². The minimum Gasteiger partial charge on any atom is -0.370 e. The fourth-order valence-electron chi connectivity index (χ4n) is 1.85. The molecule has 1 aliphatic rings. The summed E-state index contributed by atoms with van der Waals surface area (Å²) >= 11 is 0. The molecule has 0 aliphatic heterocycles. The van der Waals surface area contributed by atoms with Crippen molar-refractivity contribution < 1.29 is 9.26 Å². The lowest BCUT2D eigenvalue weighted by Gasteiger charge is -2.26. The molecule has 1 heterocycles. The van der Waals surface area contributed by atoms with Gasteiger partial charge in [-0.15, -0.1) is 0 Å². The Hall–Kier alpha value is -0.870. The van der Waals surface area contributed by atoms with E-state index < -0.39 is 0 Å². The van der Waals surface area contributed by atoms with Crippen molar-refractivity contribution in [1.82, 2.24) is 5.16 Å². The number of hydrogen-bond donors (Lipinski definition) is 1. The Morgan fingerprint density at radius 1 is 1.57 bits per heavy atom. The van der Waals surface area contributed by atoms with Crippen molar-refractivity contribution in [3.8, 4) is 0 Å². The largest absolute Gasteiger partial charge is 0.370 e. The molecule has 0 aromatic carbocycles. The van der Waals surface area contributed by atoms with E-state index in [4.69, 9.17) is 15.0 Å². The standard InChI is InChI=1S/C10H16N2O2/c11-8-2-1-3-9(6-8)13-7-10-4-5-12-14-10/h4-5,8-9H,1-3,6-7,11H2. The lowest BCUT2D eigenvalue weighted by Crippen LogP contribution is -2.32. The van der Waals surface area contributed by atoms with Crippen LogP contribution in [-0.2, 0) is 11.3 Å². The molecule has 0 radical (unpaired) electrons. The Morgan fingerprint density at radius 3 is 3.21 bits per heavy atom. The van der Waals surface area contributed by atoms with Gasteiger partial charge in [0.25, 0.3) is 0 Å². The predicted molar refractivity (Wildman–Crippen MR) is 51.5 cm³/mol. The number of aromatic nitrogens is 1. The summed E-state index contributed by atoms with van der Waals surface area (Å²) in [6, 6.07) is 2.13. The summed E-state index contributed by atoms with van der Waals surface area (Å²) in [4.78, 5) is 0. The molecule has 0 saturated heterocycles. The second-order valence-electron chi connectivity index (χ2n) is 3.84. The fourth-order valence-corrected chi connectivity index (χ4v) is 1.85. The Labute approximate surface area is 83.4 Å². The van der Waals surface area contributed by atoms with E-state index in [9.17, 15) is 0 Å². The average molecular weight is 196 g/mol. The molecule has 4 nitrogen and oxygen atoms in total. The van der Waals surface area contributed by atoms with Gasteiger partial charge in [-0.1, -0.05) is 5.16 Å². The molecule has 1 aromatic heterocycles. The Kier molecular flexibility index (Phi) is 3.16. The molecular formula is C10H16N2O2. The number of rotatable bonds is 3. The zero-order valence-electron chi connectivity index (χ0n) is 8.19. The van der Waals surface area contributed by atoms with E-state index in [1.54, 1.807) is 6.20 Å². The Balaban J connectivity index is 1.75. The summed E-state index contributed by atoms with van der Waals surface area (Å²) in [7, 11) is 0. The molecule has 1 aliphatic carbocycles. The molecule has 14 heavy (non-hydrogen) atoms. The first-order valence-corrected chi connectivity index (χ1v) is 5.11. The van der Waals surface area contributed by atoms with Crippen molar-refractivity contribution in [2.24, 2.45) is 5.73 Å². The highest BCUT2D eigenvalue weighted by Gasteiger charge is 2.19. The molecule has 2 unspecified atom stereocenters. The highest BCUT2D eigenvalue weighted by molar-refractivity contribution is 4.90. The zero-order valence-corrected chi connectivity index (χ0v) is 8.19. The van der Waals surface area contributed by atoms with E-state index in [1.165, 1.54) is 6.42 Å². The Morgan fingerprint density at radius 2 is 2.50 bits per heavy atom. The minimum absolute atomic E-state index is 0.295. The average Bonchev–Trinajstić information content (AvgIpc) is 2.67. The first-order valence-electron chi connectivity index (χ1n) is 5.11. The van der Waals surface area contributed by atoms with Crippen LogP contribution in [0.4, 0.5) is 0 Å². The van der Waals surface area contributed by atoms with Crippen molar-refractivity contribution in [1.29, 1.82) is 0 Å². The third-order valence-corrected chi connectivity index (χ3v) is 2.62. The number of nitrogens with zero attached hydrogens (tertiary/aromatic N) is 1. The fraction of sp³-hybridized carbons (Fsp3) is 0.700. The summed E-state index contributed by atoms with van der Waals surface area (Å²) in [5.74, 6) is 0.782. The van der Waals surface area contributed by atoms with Gasteiger partial charge in [-0.3, -0.25) is 0 Å². The second-order valence-corrected chi connectivity index (χ2v) is 3.84. The smallest absolute Gasteiger partial charge is 0.162 e. The van der Waals surface area contributed by atoms with Crippen molar-refractivity contribution in [3.05, 3.63) is 18.0 Å². The maximum atomic E-state index is 5.86. The van der Waals surface area contributed by atoms with Crippen LogP contribution in [0, 0.1) is 0 Å². The molecule has 1 aromatic rings. The van der Waals surface area contributed by atoms with Crippen LogP contribution in [0.15, 0.2) is 16.8 Å². The van der Waals surface area contributed by atoms with Crippen molar-refractivity contribution >= 4 is 0 Å². The van der Waals surface area contributed by atoms with Gasteiger partial charge in [-0.25, -0.2) is 0 Å². The minimum atomic E-state index is 0.295. The summed E-state index contributed by atoms with van der Waals surface area (Å²) in [6.07, 6.45) is 6.30. The van der Waals surface area contributed by atoms with Gasteiger partial charge >= 0.3 is 0 Å². The third kappa shape index (κ3) is 2.56. The van der Waals surface area contributed by atoms with Gasteiger partial charge in [0.05, 0.1) is 12.3 Å². The molecule has 1 fully saturated rings. The molecule has 2 atom stereocenters. The van der Waals surface area contributed by atoms with E-state index >= 15 is 0 Å². The highest BCUT2D eigenvalue weighted by Crippen LogP contribution is 2.20. The molecule has 78 valence electrons. The summed E-state index contributed by atoms with van der Waals surface area (Å²) in [6.45, 7) is 0.511. The summed E-state index contributed by atoms with van der Waals surface area (Å²) in [5.41, 5.74) is 5.86. The van der Waals surface area contributed by atoms with Gasteiger partial charge in [0.1, 0.15) is 6.61 Å². The van der Waals surface area contributed by atoms with Crippen molar-refractivity contribution in [2.75, 3.05) is 0 Å². The predicted octanol–water partition coefficient (Wildman–Crippen LogP) is 1.46. The van der Waals surface area contributed by atoms with Crippen LogP contribution in [0.5, 0.6) is 0 Å². The van der Waals surface area contributed by atoms with Crippen LogP contribution in [0.1, 0.15) is 31.4 Å². The molecule has 0 spiro atoms. The van der Waals surface area contributed by atoms with E-state index in [1.807, 2.05) is 6.07 Å². The van der Waals surface area contributed by atoms with E-state index in [0.29, 0.717) is 18.8 Å². The highest BCUT2D eigenvalue weighted by atomic mass is 16.5. The molecule has 0 amide bonds. The Bertz CT molecular complexity index is 261.